The lowest BCUT2D eigenvalue weighted by molar-refractivity contribution is -0.137. The summed E-state index contributed by atoms with van der Waals surface area (Å²) in [6, 6.07) is 6.49. The highest BCUT2D eigenvalue weighted by Gasteiger charge is 2.32. The van der Waals surface area contributed by atoms with Crippen molar-refractivity contribution < 1.29 is 32.3 Å². The molecule has 170 valence electrons. The number of hydrogen-bond acceptors (Lipinski definition) is 5. The first-order valence-corrected chi connectivity index (χ1v) is 11.0. The van der Waals surface area contributed by atoms with E-state index in [-0.39, 0.29) is 23.7 Å². The number of nitrogens with zero attached hydrogens (tertiary/aromatic N) is 1. The lowest BCUT2D eigenvalue weighted by Crippen LogP contribution is -2.29. The summed E-state index contributed by atoms with van der Waals surface area (Å²) in [5.74, 6) is -4.87. The lowest BCUT2D eigenvalue weighted by atomic mass is 10.0. The van der Waals surface area contributed by atoms with Crippen molar-refractivity contribution in [2.45, 2.75) is 38.5 Å². The Labute approximate surface area is 192 Å². The molecule has 0 saturated carbocycles. The summed E-state index contributed by atoms with van der Waals surface area (Å²) in [6.07, 6.45) is 3.44. The van der Waals surface area contributed by atoms with Crippen LogP contribution < -0.4 is 0 Å². The molecule has 0 aliphatic carbocycles. The largest absolute Gasteiger partial charge is 0.481 e. The van der Waals surface area contributed by atoms with Crippen molar-refractivity contribution >= 4 is 46.3 Å². The summed E-state index contributed by atoms with van der Waals surface area (Å²) >= 11 is 6.39. The van der Waals surface area contributed by atoms with E-state index in [1.54, 1.807) is 12.1 Å². The smallest absolute Gasteiger partial charge is 0.303 e. The zero-order valence-corrected chi connectivity index (χ0v) is 18.7. The highest BCUT2D eigenvalue weighted by molar-refractivity contribution is 8.26. The zero-order valence-electron chi connectivity index (χ0n) is 17.1. The van der Waals surface area contributed by atoms with Gasteiger partial charge in [0.05, 0.1) is 10.5 Å². The van der Waals surface area contributed by atoms with Crippen LogP contribution in [0.3, 0.4) is 0 Å². The van der Waals surface area contributed by atoms with Crippen molar-refractivity contribution in [3.8, 4) is 11.3 Å². The number of thiocarbonyl (C=S) groups is 1. The van der Waals surface area contributed by atoms with Crippen molar-refractivity contribution in [2.24, 2.45) is 0 Å². The number of benzene rings is 1. The first kappa shape index (κ1) is 24.1. The van der Waals surface area contributed by atoms with E-state index < -0.39 is 23.3 Å². The molecule has 1 amide bonds. The van der Waals surface area contributed by atoms with Crippen molar-refractivity contribution in [1.29, 1.82) is 0 Å². The van der Waals surface area contributed by atoms with Crippen LogP contribution in [0, 0.1) is 5.82 Å². The van der Waals surface area contributed by atoms with Gasteiger partial charge in [0.15, 0.2) is 0 Å². The van der Waals surface area contributed by atoms with E-state index in [9.17, 15) is 22.8 Å². The molecule has 1 saturated heterocycles. The number of carboxylic acids is 1. The van der Waals surface area contributed by atoms with Gasteiger partial charge in [0, 0.05) is 31.5 Å². The number of thioether (sulfide) groups is 1. The Hall–Kier alpha value is -2.59. The fourth-order valence-electron chi connectivity index (χ4n) is 3.15. The molecule has 0 radical (unpaired) electrons. The quantitative estimate of drug-likeness (QED) is 0.266. The van der Waals surface area contributed by atoms with E-state index >= 15 is 0 Å². The van der Waals surface area contributed by atoms with Crippen LogP contribution in [0.25, 0.3) is 17.4 Å². The predicted molar refractivity (Wildman–Crippen MR) is 120 cm³/mol. The summed E-state index contributed by atoms with van der Waals surface area (Å²) < 4.78 is 47.0. The minimum absolute atomic E-state index is 0.0879. The molecule has 0 bridgehead atoms. The van der Waals surface area contributed by atoms with Crippen LogP contribution in [0.4, 0.5) is 13.2 Å². The predicted octanol–water partition coefficient (Wildman–Crippen LogP) is 6.04. The topological polar surface area (TPSA) is 70.8 Å². The number of hydrogen-bond donors (Lipinski definition) is 1. The maximum Gasteiger partial charge on any atom is 0.303 e. The molecule has 2 aromatic rings. The first-order chi connectivity index (χ1) is 15.1. The van der Waals surface area contributed by atoms with Crippen LogP contribution in [0.15, 0.2) is 39.7 Å². The molecule has 2 heterocycles. The second-order valence-corrected chi connectivity index (χ2v) is 9.00. The van der Waals surface area contributed by atoms with Crippen LogP contribution in [-0.4, -0.2) is 32.7 Å². The SMILES string of the molecule is CC(F)(F)c1cc(-c2ccc(/C=C3/SC(=S)N(CCCCCC(=O)O)C3=O)o2)ccc1F. The number of amides is 1. The summed E-state index contributed by atoms with van der Waals surface area (Å²) in [7, 11) is 0. The number of carbonyl (C=O) groups is 2. The molecule has 10 heteroatoms. The minimum atomic E-state index is -3.34. The number of alkyl halides is 2. The van der Waals surface area contributed by atoms with Crippen LogP contribution in [0.2, 0.25) is 0 Å². The summed E-state index contributed by atoms with van der Waals surface area (Å²) in [4.78, 5) is 25.0. The van der Waals surface area contributed by atoms with Crippen molar-refractivity contribution in [3.05, 3.63) is 52.4 Å². The number of aliphatic carboxylic acids is 1. The van der Waals surface area contributed by atoms with E-state index in [4.69, 9.17) is 21.7 Å². The standard InChI is InChI=1S/C22H20F3NO4S2/c1-22(24,25)15-11-13(6-8-16(15)23)17-9-7-14(30-17)12-18-20(29)26(21(31)32-18)10-4-2-3-5-19(27)28/h6-9,11-12H,2-5,10H2,1H3,(H,27,28)/b18-12+. The molecule has 0 unspecified atom stereocenters. The van der Waals surface area contributed by atoms with Gasteiger partial charge in [0.2, 0.25) is 0 Å². The molecule has 1 fully saturated rings. The molecule has 0 atom stereocenters. The van der Waals surface area contributed by atoms with Crippen LogP contribution in [-0.2, 0) is 15.5 Å². The second-order valence-electron chi connectivity index (χ2n) is 7.32. The van der Waals surface area contributed by atoms with Crippen molar-refractivity contribution in [3.63, 3.8) is 0 Å². The van der Waals surface area contributed by atoms with E-state index in [1.807, 2.05) is 0 Å². The van der Waals surface area contributed by atoms with Gasteiger partial charge in [-0.2, -0.15) is 0 Å². The molecule has 1 aliphatic heterocycles. The first-order valence-electron chi connectivity index (χ1n) is 9.81. The fourth-order valence-corrected chi connectivity index (χ4v) is 4.43. The molecular weight excluding hydrogens is 463 g/mol. The molecule has 3 rings (SSSR count). The van der Waals surface area contributed by atoms with Crippen LogP contribution >= 0.6 is 24.0 Å². The van der Waals surface area contributed by atoms with Crippen molar-refractivity contribution in [2.75, 3.05) is 6.54 Å². The number of furan rings is 1. The van der Waals surface area contributed by atoms with Gasteiger partial charge in [-0.1, -0.05) is 30.4 Å². The van der Waals surface area contributed by atoms with Gasteiger partial charge < -0.3 is 9.52 Å². The maximum atomic E-state index is 13.7. The van der Waals surface area contributed by atoms with Gasteiger partial charge in [-0.05, 0) is 43.2 Å². The molecule has 5 nitrogen and oxygen atoms in total. The molecule has 0 spiro atoms. The molecule has 32 heavy (non-hydrogen) atoms. The maximum absolute atomic E-state index is 13.7. The van der Waals surface area contributed by atoms with Crippen LogP contribution in [0.5, 0.6) is 0 Å². The third kappa shape index (κ3) is 5.80. The van der Waals surface area contributed by atoms with Gasteiger partial charge in [-0.25, -0.2) is 13.2 Å². The highest BCUT2D eigenvalue weighted by Crippen LogP contribution is 2.35. The van der Waals surface area contributed by atoms with Gasteiger partial charge in [-0.3, -0.25) is 14.5 Å². The monoisotopic (exact) mass is 483 g/mol. The Bertz CT molecular complexity index is 1080. The number of carboxylic acid groups (broad SMARTS) is 1. The Morgan fingerprint density at radius 2 is 2.00 bits per heavy atom. The van der Waals surface area contributed by atoms with Gasteiger partial charge in [0.1, 0.15) is 21.7 Å². The molecule has 1 N–H and O–H groups in total. The summed E-state index contributed by atoms with van der Waals surface area (Å²) in [5, 5.41) is 8.66. The third-order valence-corrected chi connectivity index (χ3v) is 6.15. The molecular formula is C22H20F3NO4S2. The van der Waals surface area contributed by atoms with Gasteiger partial charge in [0.25, 0.3) is 11.8 Å². The number of unbranched alkanes of at least 4 members (excludes halogenated alkanes) is 2. The molecule has 1 aromatic heterocycles. The number of halogens is 3. The van der Waals surface area contributed by atoms with E-state index in [0.717, 1.165) is 23.9 Å². The van der Waals surface area contributed by atoms with Crippen molar-refractivity contribution in [1.82, 2.24) is 4.90 Å². The lowest BCUT2D eigenvalue weighted by Gasteiger charge is -2.13. The normalized spacial score (nSPS) is 15.8. The van der Waals surface area contributed by atoms with Gasteiger partial charge >= 0.3 is 5.97 Å². The average molecular weight is 484 g/mol. The fraction of sp³-hybridized carbons (Fsp3) is 0.318. The van der Waals surface area contributed by atoms with Gasteiger partial charge in [-0.15, -0.1) is 0 Å². The second kappa shape index (κ2) is 9.91. The summed E-state index contributed by atoms with van der Waals surface area (Å²) in [6.45, 7) is 1.02. The average Bonchev–Trinajstić information content (AvgIpc) is 3.27. The zero-order chi connectivity index (χ0) is 23.5. The Morgan fingerprint density at radius 1 is 1.25 bits per heavy atom. The third-order valence-electron chi connectivity index (χ3n) is 4.77. The van der Waals surface area contributed by atoms with E-state index in [1.165, 1.54) is 17.0 Å². The molecule has 1 aromatic carbocycles. The Balaban J connectivity index is 1.69. The Morgan fingerprint density at radius 3 is 2.69 bits per heavy atom. The number of rotatable bonds is 9. The Kier molecular flexibility index (Phi) is 7.45. The van der Waals surface area contributed by atoms with Crippen LogP contribution in [0.1, 0.15) is 43.9 Å². The summed E-state index contributed by atoms with van der Waals surface area (Å²) in [5.41, 5.74) is -0.436. The molecule has 1 aliphatic rings. The highest BCUT2D eigenvalue weighted by atomic mass is 32.2. The number of carbonyl (C=O) groups excluding carboxylic acids is 1. The minimum Gasteiger partial charge on any atom is -0.481 e. The van der Waals surface area contributed by atoms with E-state index in [0.29, 0.717) is 47.7 Å². The van der Waals surface area contributed by atoms with E-state index in [2.05, 4.69) is 0 Å².